The fourth-order valence-electron chi connectivity index (χ4n) is 0.866. The molecule has 1 aliphatic rings. The number of cyclic esters (lactones) is 4. The molecule has 78 valence electrons. The third-order valence-electron chi connectivity index (χ3n) is 1.52. The van der Waals surface area contributed by atoms with Crippen LogP contribution in [0.2, 0.25) is 0 Å². The summed E-state index contributed by atoms with van der Waals surface area (Å²) in [4.78, 5) is 43.2. The maximum Gasteiger partial charge on any atom is 0.314 e. The molecule has 0 spiro atoms. The van der Waals surface area contributed by atoms with Crippen LogP contribution in [0.15, 0.2) is 0 Å². The standard InChI is InChI=1S/C8H8O6.2Na/c9-5-1-2-6(10)14-8(12)4-3-7(11)13-5;;/h1-4H2;;. The Morgan fingerprint density at radius 3 is 0.938 bits per heavy atom. The Morgan fingerprint density at radius 2 is 0.750 bits per heavy atom. The molecule has 1 heterocycles. The van der Waals surface area contributed by atoms with Crippen molar-refractivity contribution in [3.63, 3.8) is 0 Å². The van der Waals surface area contributed by atoms with Crippen LogP contribution in [-0.2, 0) is 28.7 Å². The van der Waals surface area contributed by atoms with Crippen LogP contribution in [0.1, 0.15) is 25.7 Å². The first-order valence-corrected chi connectivity index (χ1v) is 4.05. The molecule has 0 aliphatic carbocycles. The number of hydrogen-bond donors (Lipinski definition) is 0. The Labute approximate surface area is 136 Å². The van der Waals surface area contributed by atoms with Gasteiger partial charge in [0, 0.05) is 59.1 Å². The summed E-state index contributed by atoms with van der Waals surface area (Å²) >= 11 is 0. The number of esters is 4. The molecule has 0 aromatic heterocycles. The Balaban J connectivity index is 0. The molecule has 1 fully saturated rings. The fourth-order valence-corrected chi connectivity index (χ4v) is 0.866. The number of carbonyl (C=O) groups excluding carboxylic acids is 4. The molecule has 0 N–H and O–H groups in total. The van der Waals surface area contributed by atoms with Crippen LogP contribution < -0.4 is 0 Å². The smallest absolute Gasteiger partial charge is 0.314 e. The van der Waals surface area contributed by atoms with Gasteiger partial charge >= 0.3 is 23.9 Å². The van der Waals surface area contributed by atoms with Crippen LogP contribution >= 0.6 is 0 Å². The maximum atomic E-state index is 10.8. The zero-order chi connectivity index (χ0) is 10.6. The molecule has 0 saturated carbocycles. The molecule has 1 saturated heterocycles. The minimum atomic E-state index is -0.777. The minimum Gasteiger partial charge on any atom is -0.393 e. The third-order valence-corrected chi connectivity index (χ3v) is 1.52. The molecule has 1 aliphatic heterocycles. The monoisotopic (exact) mass is 246 g/mol. The van der Waals surface area contributed by atoms with Gasteiger partial charge in [-0.1, -0.05) is 0 Å². The first kappa shape index (κ1) is 18.6. The zero-order valence-corrected chi connectivity index (χ0v) is 13.3. The molecule has 0 unspecified atom stereocenters. The van der Waals surface area contributed by atoms with Gasteiger partial charge in [-0.2, -0.15) is 0 Å². The zero-order valence-electron chi connectivity index (χ0n) is 9.28. The van der Waals surface area contributed by atoms with E-state index in [1.165, 1.54) is 0 Å². The Kier molecular flexibility index (Phi) is 10.9. The second-order valence-corrected chi connectivity index (χ2v) is 2.69. The van der Waals surface area contributed by atoms with Gasteiger partial charge in [-0.05, 0) is 0 Å². The van der Waals surface area contributed by atoms with Gasteiger partial charge in [0.05, 0.1) is 25.7 Å². The molecule has 16 heavy (non-hydrogen) atoms. The molecule has 6 nitrogen and oxygen atoms in total. The van der Waals surface area contributed by atoms with Crippen molar-refractivity contribution in [1.82, 2.24) is 0 Å². The average Bonchev–Trinajstić information content (AvgIpc) is 2.11. The molecular weight excluding hydrogens is 238 g/mol. The second-order valence-electron chi connectivity index (χ2n) is 2.69. The summed E-state index contributed by atoms with van der Waals surface area (Å²) in [7, 11) is 0. The van der Waals surface area contributed by atoms with E-state index >= 15 is 0 Å². The SMILES string of the molecule is O=C1CCC(=O)OC(=O)CCC(=O)O1.[Na].[Na]. The maximum absolute atomic E-state index is 10.8. The summed E-state index contributed by atoms with van der Waals surface area (Å²) < 4.78 is 8.57. The van der Waals surface area contributed by atoms with Crippen molar-refractivity contribution >= 4 is 83.0 Å². The van der Waals surface area contributed by atoms with Crippen molar-refractivity contribution in [3.05, 3.63) is 0 Å². The molecule has 1 rings (SSSR count). The van der Waals surface area contributed by atoms with Crippen molar-refractivity contribution in [2.45, 2.75) is 25.7 Å². The van der Waals surface area contributed by atoms with E-state index in [4.69, 9.17) is 0 Å². The summed E-state index contributed by atoms with van der Waals surface area (Å²) in [6.45, 7) is 0. The molecule has 2 radical (unpaired) electrons. The summed E-state index contributed by atoms with van der Waals surface area (Å²) in [5.41, 5.74) is 0. The van der Waals surface area contributed by atoms with Gasteiger partial charge in [-0.15, -0.1) is 0 Å². The van der Waals surface area contributed by atoms with E-state index in [2.05, 4.69) is 9.47 Å². The predicted molar refractivity (Wildman–Crippen MR) is 52.2 cm³/mol. The minimum absolute atomic E-state index is 0. The molecule has 0 aromatic rings. The number of rotatable bonds is 0. The number of carbonyl (C=O) groups is 4. The summed E-state index contributed by atoms with van der Waals surface area (Å²) in [6.07, 6.45) is -1.01. The van der Waals surface area contributed by atoms with Crippen molar-refractivity contribution in [1.29, 1.82) is 0 Å². The second kappa shape index (κ2) is 9.32. The van der Waals surface area contributed by atoms with Crippen LogP contribution in [0.25, 0.3) is 0 Å². The van der Waals surface area contributed by atoms with Crippen molar-refractivity contribution in [3.8, 4) is 0 Å². The number of hydrogen-bond acceptors (Lipinski definition) is 6. The quantitative estimate of drug-likeness (QED) is 0.307. The van der Waals surface area contributed by atoms with Crippen molar-refractivity contribution in [2.75, 3.05) is 0 Å². The van der Waals surface area contributed by atoms with E-state index in [0.717, 1.165) is 0 Å². The van der Waals surface area contributed by atoms with Crippen LogP contribution in [-0.4, -0.2) is 83.0 Å². The average molecular weight is 246 g/mol. The topological polar surface area (TPSA) is 86.7 Å². The molecule has 0 atom stereocenters. The normalized spacial score (nSPS) is 17.5. The van der Waals surface area contributed by atoms with Gasteiger partial charge < -0.3 is 9.47 Å². The Bertz CT molecular complexity index is 243. The van der Waals surface area contributed by atoms with Crippen LogP contribution in [0.4, 0.5) is 0 Å². The summed E-state index contributed by atoms with van der Waals surface area (Å²) in [6, 6.07) is 0. The van der Waals surface area contributed by atoms with Crippen molar-refractivity contribution in [2.24, 2.45) is 0 Å². The molecule has 0 bridgehead atoms. The first-order valence-electron chi connectivity index (χ1n) is 4.05. The number of ether oxygens (including phenoxy) is 2. The van der Waals surface area contributed by atoms with Crippen LogP contribution in [0.5, 0.6) is 0 Å². The Morgan fingerprint density at radius 1 is 0.562 bits per heavy atom. The van der Waals surface area contributed by atoms with Gasteiger partial charge in [0.1, 0.15) is 0 Å². The third kappa shape index (κ3) is 7.54. The van der Waals surface area contributed by atoms with Gasteiger partial charge in [-0.25, -0.2) is 0 Å². The summed E-state index contributed by atoms with van der Waals surface area (Å²) in [5.74, 6) is -3.11. The first-order chi connectivity index (χ1) is 6.58. The summed E-state index contributed by atoms with van der Waals surface area (Å²) in [5, 5.41) is 0. The molecular formula is C8H8Na2O6. The van der Waals surface area contributed by atoms with E-state index in [1.54, 1.807) is 0 Å². The Hall–Kier alpha value is 0.280. The van der Waals surface area contributed by atoms with E-state index in [0.29, 0.717) is 0 Å². The molecule has 0 amide bonds. The molecule has 8 heteroatoms. The van der Waals surface area contributed by atoms with E-state index < -0.39 is 23.9 Å². The van der Waals surface area contributed by atoms with Crippen LogP contribution in [0.3, 0.4) is 0 Å². The van der Waals surface area contributed by atoms with Crippen molar-refractivity contribution < 1.29 is 28.7 Å². The van der Waals surface area contributed by atoms with Gasteiger partial charge in [0.25, 0.3) is 0 Å². The largest absolute Gasteiger partial charge is 0.393 e. The van der Waals surface area contributed by atoms with Gasteiger partial charge in [-0.3, -0.25) is 19.2 Å². The van der Waals surface area contributed by atoms with E-state index in [9.17, 15) is 19.2 Å². The predicted octanol–water partition coefficient (Wildman–Crippen LogP) is -1.06. The van der Waals surface area contributed by atoms with Gasteiger partial charge in [0.15, 0.2) is 0 Å². The van der Waals surface area contributed by atoms with Gasteiger partial charge in [0.2, 0.25) is 0 Å². The van der Waals surface area contributed by atoms with Crippen LogP contribution in [0, 0.1) is 0 Å². The molecule has 0 aromatic carbocycles. The van der Waals surface area contributed by atoms with E-state index in [-0.39, 0.29) is 84.8 Å². The van der Waals surface area contributed by atoms with E-state index in [1.807, 2.05) is 0 Å². The fraction of sp³-hybridized carbons (Fsp3) is 0.500.